The second kappa shape index (κ2) is 10.2. The van der Waals surface area contributed by atoms with Gasteiger partial charge in [0.15, 0.2) is 0 Å². The molecule has 8 heteroatoms. The monoisotopic (exact) mass is 434 g/mol. The highest BCUT2D eigenvalue weighted by molar-refractivity contribution is 6.35. The number of aliphatic hydroxyl groups is 1. The number of rotatable bonds is 10. The summed E-state index contributed by atoms with van der Waals surface area (Å²) in [5, 5.41) is 20.0. The fourth-order valence-electron chi connectivity index (χ4n) is 3.14. The van der Waals surface area contributed by atoms with Gasteiger partial charge in [0, 0.05) is 28.2 Å². The Morgan fingerprint density at radius 3 is 2.69 bits per heavy atom. The first-order chi connectivity index (χ1) is 14.0. The van der Waals surface area contributed by atoms with Gasteiger partial charge in [-0.3, -0.25) is 0 Å². The number of nitrogens with zero attached hydrogens (tertiary/aromatic N) is 3. The van der Waals surface area contributed by atoms with Gasteiger partial charge in [-0.25, -0.2) is 9.67 Å². The second-order valence-corrected chi connectivity index (χ2v) is 7.70. The van der Waals surface area contributed by atoms with Crippen molar-refractivity contribution in [3.63, 3.8) is 0 Å². The zero-order valence-corrected chi connectivity index (χ0v) is 17.6. The Balaban J connectivity index is 1.65. The highest BCUT2D eigenvalue weighted by Crippen LogP contribution is 2.34. The Kier molecular flexibility index (Phi) is 7.64. The molecule has 0 fully saturated rings. The zero-order valence-electron chi connectivity index (χ0n) is 16.1. The Morgan fingerprint density at radius 2 is 2.00 bits per heavy atom. The fourth-order valence-corrected chi connectivity index (χ4v) is 3.71. The average Bonchev–Trinajstić information content (AvgIpc) is 3.21. The lowest BCUT2D eigenvalue weighted by Crippen LogP contribution is -2.50. The molecule has 0 radical (unpaired) electrons. The molecule has 1 heterocycles. The predicted octanol–water partition coefficient (Wildman–Crippen LogP) is 3.67. The summed E-state index contributed by atoms with van der Waals surface area (Å²) >= 11 is 12.4. The van der Waals surface area contributed by atoms with Crippen molar-refractivity contribution in [1.82, 2.24) is 20.1 Å². The van der Waals surface area contributed by atoms with E-state index in [1.165, 1.54) is 6.33 Å². The zero-order chi connectivity index (χ0) is 20.7. The van der Waals surface area contributed by atoms with Gasteiger partial charge in [0.2, 0.25) is 0 Å². The molecule has 0 saturated carbocycles. The van der Waals surface area contributed by atoms with Gasteiger partial charge < -0.3 is 15.2 Å². The fraction of sp³-hybridized carbons (Fsp3) is 0.333. The van der Waals surface area contributed by atoms with Crippen LogP contribution in [0.4, 0.5) is 0 Å². The molecule has 3 rings (SSSR count). The van der Waals surface area contributed by atoms with E-state index in [-0.39, 0.29) is 12.6 Å². The summed E-state index contributed by atoms with van der Waals surface area (Å²) in [5.74, 6) is 0. The number of hydrogen-bond donors (Lipinski definition) is 2. The van der Waals surface area contributed by atoms with Crippen molar-refractivity contribution < 1.29 is 9.84 Å². The van der Waals surface area contributed by atoms with Gasteiger partial charge >= 0.3 is 0 Å². The Labute approximate surface area is 180 Å². The first-order valence-corrected chi connectivity index (χ1v) is 10.1. The number of nitrogens with one attached hydrogen (secondary N) is 1. The van der Waals surface area contributed by atoms with Gasteiger partial charge in [0.05, 0.1) is 19.8 Å². The number of benzene rings is 2. The summed E-state index contributed by atoms with van der Waals surface area (Å²) in [7, 11) is 0. The van der Waals surface area contributed by atoms with Crippen LogP contribution in [0.3, 0.4) is 0 Å². The van der Waals surface area contributed by atoms with Crippen molar-refractivity contribution in [2.45, 2.75) is 31.7 Å². The van der Waals surface area contributed by atoms with Crippen LogP contribution in [-0.4, -0.2) is 39.1 Å². The SMILES string of the molecule is C[C@@H](NCCOCc1ccccc1)[C@](O)(Cn1cncn1)c1ccc(Cl)cc1Cl. The summed E-state index contributed by atoms with van der Waals surface area (Å²) < 4.78 is 7.30. The van der Waals surface area contributed by atoms with Gasteiger partial charge in [0.25, 0.3) is 0 Å². The van der Waals surface area contributed by atoms with E-state index in [1.807, 2.05) is 37.3 Å². The van der Waals surface area contributed by atoms with E-state index in [1.54, 1.807) is 29.2 Å². The maximum Gasteiger partial charge on any atom is 0.137 e. The van der Waals surface area contributed by atoms with E-state index >= 15 is 0 Å². The van der Waals surface area contributed by atoms with Crippen LogP contribution in [0, 0.1) is 0 Å². The predicted molar refractivity (Wildman–Crippen MR) is 114 cm³/mol. The molecular formula is C21H24Cl2N4O2. The third kappa shape index (κ3) is 5.78. The molecule has 0 aliphatic rings. The molecule has 2 atom stereocenters. The standard InChI is InChI=1S/C21H24Cl2N4O2/c1-16(25-9-10-29-12-17-5-3-2-4-6-17)21(28,13-27-15-24-14-26-27)19-8-7-18(22)11-20(19)23/h2-8,11,14-16,25,28H,9-10,12-13H2,1H3/t16-,21-/m1/s1. The molecule has 6 nitrogen and oxygen atoms in total. The molecule has 0 spiro atoms. The van der Waals surface area contributed by atoms with Crippen LogP contribution in [0.15, 0.2) is 61.2 Å². The molecule has 0 aliphatic heterocycles. The second-order valence-electron chi connectivity index (χ2n) is 6.86. The highest BCUT2D eigenvalue weighted by Gasteiger charge is 2.38. The maximum atomic E-state index is 11.6. The minimum atomic E-state index is -1.32. The summed E-state index contributed by atoms with van der Waals surface area (Å²) in [5.41, 5.74) is 0.370. The van der Waals surface area contributed by atoms with E-state index in [0.29, 0.717) is 35.4 Å². The molecule has 0 amide bonds. The molecule has 29 heavy (non-hydrogen) atoms. The van der Waals surface area contributed by atoms with Crippen LogP contribution in [0.1, 0.15) is 18.1 Å². The molecule has 0 aliphatic carbocycles. The van der Waals surface area contributed by atoms with Crippen LogP contribution >= 0.6 is 23.2 Å². The molecule has 0 saturated heterocycles. The Hall–Kier alpha value is -1.96. The van der Waals surface area contributed by atoms with Crippen molar-refractivity contribution >= 4 is 23.2 Å². The first kappa shape index (κ1) is 21.7. The molecule has 2 N–H and O–H groups in total. The molecule has 1 aromatic heterocycles. The third-order valence-corrected chi connectivity index (χ3v) is 5.34. The summed E-state index contributed by atoms with van der Waals surface area (Å²) in [6.45, 7) is 3.71. The lowest BCUT2D eigenvalue weighted by atomic mass is 9.86. The summed E-state index contributed by atoms with van der Waals surface area (Å²) in [6.07, 6.45) is 2.99. The van der Waals surface area contributed by atoms with Crippen molar-refractivity contribution in [3.8, 4) is 0 Å². The molecule has 154 valence electrons. The van der Waals surface area contributed by atoms with Gasteiger partial charge in [-0.05, 0) is 24.6 Å². The van der Waals surface area contributed by atoms with Gasteiger partial charge in [-0.1, -0.05) is 59.6 Å². The Bertz CT molecular complexity index is 893. The molecule has 0 bridgehead atoms. The van der Waals surface area contributed by atoms with E-state index in [9.17, 15) is 5.11 Å². The van der Waals surface area contributed by atoms with E-state index < -0.39 is 5.60 Å². The number of hydrogen-bond acceptors (Lipinski definition) is 5. The highest BCUT2D eigenvalue weighted by atomic mass is 35.5. The number of ether oxygens (including phenoxy) is 1. The van der Waals surface area contributed by atoms with Crippen LogP contribution in [0.25, 0.3) is 0 Å². The molecular weight excluding hydrogens is 411 g/mol. The normalized spacial score (nSPS) is 14.5. The molecule has 3 aromatic rings. The van der Waals surface area contributed by atoms with E-state index in [4.69, 9.17) is 27.9 Å². The van der Waals surface area contributed by atoms with Crippen LogP contribution < -0.4 is 5.32 Å². The van der Waals surface area contributed by atoms with Gasteiger partial charge in [-0.2, -0.15) is 5.10 Å². The minimum Gasteiger partial charge on any atom is -0.382 e. The Morgan fingerprint density at radius 1 is 1.21 bits per heavy atom. The first-order valence-electron chi connectivity index (χ1n) is 9.34. The average molecular weight is 435 g/mol. The van der Waals surface area contributed by atoms with Crippen LogP contribution in [-0.2, 0) is 23.5 Å². The third-order valence-electron chi connectivity index (χ3n) is 4.79. The lowest BCUT2D eigenvalue weighted by Gasteiger charge is -2.35. The van der Waals surface area contributed by atoms with Crippen LogP contribution in [0.5, 0.6) is 0 Å². The van der Waals surface area contributed by atoms with Gasteiger partial charge in [0.1, 0.15) is 18.3 Å². The minimum absolute atomic E-state index is 0.188. The maximum absolute atomic E-state index is 11.6. The quantitative estimate of drug-likeness (QED) is 0.476. The smallest absolute Gasteiger partial charge is 0.137 e. The summed E-state index contributed by atoms with van der Waals surface area (Å²) in [6, 6.07) is 14.7. The van der Waals surface area contributed by atoms with E-state index in [0.717, 1.165) is 5.56 Å². The number of halogens is 2. The lowest BCUT2D eigenvalue weighted by molar-refractivity contribution is -0.0191. The molecule has 2 aromatic carbocycles. The van der Waals surface area contributed by atoms with Gasteiger partial charge in [-0.15, -0.1) is 0 Å². The van der Waals surface area contributed by atoms with Crippen molar-refractivity contribution in [3.05, 3.63) is 82.4 Å². The van der Waals surface area contributed by atoms with Crippen molar-refractivity contribution in [2.24, 2.45) is 0 Å². The largest absolute Gasteiger partial charge is 0.382 e. The van der Waals surface area contributed by atoms with Crippen molar-refractivity contribution in [1.29, 1.82) is 0 Å². The summed E-state index contributed by atoms with van der Waals surface area (Å²) in [4.78, 5) is 3.96. The van der Waals surface area contributed by atoms with Crippen molar-refractivity contribution in [2.75, 3.05) is 13.2 Å². The van der Waals surface area contributed by atoms with E-state index in [2.05, 4.69) is 15.4 Å². The molecule has 0 unspecified atom stereocenters. The topological polar surface area (TPSA) is 72.2 Å². The van der Waals surface area contributed by atoms with Crippen LogP contribution in [0.2, 0.25) is 10.0 Å². The number of aromatic nitrogens is 3.